The van der Waals surface area contributed by atoms with Crippen LogP contribution >= 0.6 is 11.6 Å². The first-order valence-electron chi connectivity index (χ1n) is 11.0. The molecule has 1 unspecified atom stereocenters. The highest BCUT2D eigenvalue weighted by atomic mass is 35.5. The molecule has 1 atom stereocenters. The standard InChI is InChI=1S/C27H25ClN2O4/c1-16(2)34-22-11-8-20(13-17(22)3)25(31)23-24(19-6-9-21(28)10-7-19)30(27(33)26(23)32)15-18-5-4-12-29-14-18/h4-14,16,24,31H,15H2,1-3H3. The molecule has 1 fully saturated rings. The van der Waals surface area contributed by atoms with Gasteiger partial charge in [0.1, 0.15) is 11.5 Å². The number of hydrogen-bond acceptors (Lipinski definition) is 5. The summed E-state index contributed by atoms with van der Waals surface area (Å²) in [7, 11) is 0. The maximum atomic E-state index is 13.2. The van der Waals surface area contributed by atoms with E-state index in [0.29, 0.717) is 21.9 Å². The number of ketones is 1. The normalized spacial score (nSPS) is 17.4. The molecule has 2 heterocycles. The summed E-state index contributed by atoms with van der Waals surface area (Å²) in [4.78, 5) is 31.9. The van der Waals surface area contributed by atoms with Crippen LogP contribution in [-0.4, -0.2) is 32.8 Å². The Morgan fingerprint density at radius 2 is 1.88 bits per heavy atom. The number of carbonyl (C=O) groups excluding carboxylic acids is 2. The van der Waals surface area contributed by atoms with E-state index in [1.54, 1.807) is 60.9 Å². The zero-order valence-corrected chi connectivity index (χ0v) is 19.9. The van der Waals surface area contributed by atoms with Crippen LogP contribution in [0.4, 0.5) is 0 Å². The number of rotatable bonds is 6. The number of ether oxygens (including phenoxy) is 1. The maximum Gasteiger partial charge on any atom is 0.295 e. The van der Waals surface area contributed by atoms with Gasteiger partial charge in [0.15, 0.2) is 0 Å². The summed E-state index contributed by atoms with van der Waals surface area (Å²) in [6, 6.07) is 14.9. The minimum atomic E-state index is -0.774. The van der Waals surface area contributed by atoms with Crippen LogP contribution in [0.1, 0.15) is 42.1 Å². The number of likely N-dealkylation sites (tertiary alicyclic amines) is 1. The molecule has 174 valence electrons. The lowest BCUT2D eigenvalue weighted by molar-refractivity contribution is -0.140. The van der Waals surface area contributed by atoms with Gasteiger partial charge >= 0.3 is 0 Å². The van der Waals surface area contributed by atoms with Crippen molar-refractivity contribution in [3.63, 3.8) is 0 Å². The summed E-state index contributed by atoms with van der Waals surface area (Å²) in [6.07, 6.45) is 3.29. The summed E-state index contributed by atoms with van der Waals surface area (Å²) < 4.78 is 5.78. The second kappa shape index (κ2) is 9.69. The van der Waals surface area contributed by atoms with E-state index in [0.717, 1.165) is 11.1 Å². The average molecular weight is 477 g/mol. The van der Waals surface area contributed by atoms with Crippen LogP contribution in [0.15, 0.2) is 72.6 Å². The van der Waals surface area contributed by atoms with Crippen molar-refractivity contribution in [1.29, 1.82) is 0 Å². The fourth-order valence-electron chi connectivity index (χ4n) is 4.06. The van der Waals surface area contributed by atoms with Crippen LogP contribution in [0.25, 0.3) is 5.76 Å². The highest BCUT2D eigenvalue weighted by Crippen LogP contribution is 2.41. The smallest absolute Gasteiger partial charge is 0.295 e. The molecular formula is C27H25ClN2O4. The molecule has 1 N–H and O–H groups in total. The van der Waals surface area contributed by atoms with Crippen molar-refractivity contribution >= 4 is 29.1 Å². The number of hydrogen-bond donors (Lipinski definition) is 1. The Morgan fingerprint density at radius 1 is 1.15 bits per heavy atom. The number of pyridine rings is 1. The zero-order chi connectivity index (χ0) is 24.4. The number of aromatic nitrogens is 1. The summed E-state index contributed by atoms with van der Waals surface area (Å²) in [5.74, 6) is -0.952. The van der Waals surface area contributed by atoms with E-state index in [4.69, 9.17) is 16.3 Å². The SMILES string of the molecule is Cc1cc(C(O)=C2C(=O)C(=O)N(Cc3cccnc3)C2c2ccc(Cl)cc2)ccc1OC(C)C. The molecule has 0 bridgehead atoms. The van der Waals surface area contributed by atoms with Crippen molar-refractivity contribution in [2.75, 3.05) is 0 Å². The number of benzene rings is 2. The molecule has 1 aliphatic rings. The summed E-state index contributed by atoms with van der Waals surface area (Å²) in [6.45, 7) is 5.90. The molecule has 3 aromatic rings. The number of halogens is 1. The fourth-order valence-corrected chi connectivity index (χ4v) is 4.19. The van der Waals surface area contributed by atoms with Crippen molar-refractivity contribution in [3.8, 4) is 5.75 Å². The Hall–Kier alpha value is -3.64. The molecular weight excluding hydrogens is 452 g/mol. The van der Waals surface area contributed by atoms with Crippen molar-refractivity contribution < 1.29 is 19.4 Å². The van der Waals surface area contributed by atoms with E-state index in [1.807, 2.05) is 26.8 Å². The van der Waals surface area contributed by atoms with Crippen LogP contribution in [-0.2, 0) is 16.1 Å². The topological polar surface area (TPSA) is 79.7 Å². The Kier molecular flexibility index (Phi) is 6.70. The van der Waals surface area contributed by atoms with E-state index in [9.17, 15) is 14.7 Å². The van der Waals surface area contributed by atoms with Gasteiger partial charge in [0.2, 0.25) is 0 Å². The van der Waals surface area contributed by atoms with Gasteiger partial charge in [-0.3, -0.25) is 14.6 Å². The molecule has 4 rings (SSSR count). The molecule has 1 aliphatic heterocycles. The first-order chi connectivity index (χ1) is 16.3. The zero-order valence-electron chi connectivity index (χ0n) is 19.2. The quantitative estimate of drug-likeness (QED) is 0.290. The molecule has 2 aromatic carbocycles. The number of amides is 1. The first-order valence-corrected chi connectivity index (χ1v) is 11.3. The van der Waals surface area contributed by atoms with Gasteiger partial charge in [-0.25, -0.2) is 0 Å². The van der Waals surface area contributed by atoms with Crippen LogP contribution in [0.5, 0.6) is 5.75 Å². The Bertz CT molecular complexity index is 1250. The molecule has 7 heteroatoms. The number of Topliss-reactive ketones (excluding diaryl/α,β-unsaturated/α-hetero) is 1. The Labute approximate surface area is 203 Å². The van der Waals surface area contributed by atoms with E-state index < -0.39 is 17.7 Å². The summed E-state index contributed by atoms with van der Waals surface area (Å²) in [5.41, 5.74) is 2.73. The largest absolute Gasteiger partial charge is 0.507 e. The van der Waals surface area contributed by atoms with Gasteiger partial charge in [0.25, 0.3) is 11.7 Å². The van der Waals surface area contributed by atoms with Crippen molar-refractivity contribution in [2.45, 2.75) is 39.5 Å². The highest BCUT2D eigenvalue weighted by Gasteiger charge is 2.46. The van der Waals surface area contributed by atoms with E-state index in [1.165, 1.54) is 4.90 Å². The van der Waals surface area contributed by atoms with Crippen LogP contribution < -0.4 is 4.74 Å². The maximum absolute atomic E-state index is 13.2. The number of carbonyl (C=O) groups is 2. The third kappa shape index (κ3) is 4.68. The number of nitrogens with zero attached hydrogens (tertiary/aromatic N) is 2. The molecule has 0 aliphatic carbocycles. The lowest BCUT2D eigenvalue weighted by atomic mass is 9.94. The third-order valence-corrected chi connectivity index (χ3v) is 5.86. The number of aryl methyl sites for hydroxylation is 1. The highest BCUT2D eigenvalue weighted by molar-refractivity contribution is 6.46. The molecule has 0 saturated carbocycles. The summed E-state index contributed by atoms with van der Waals surface area (Å²) >= 11 is 6.08. The van der Waals surface area contributed by atoms with Crippen LogP contribution in [0.2, 0.25) is 5.02 Å². The van der Waals surface area contributed by atoms with Gasteiger partial charge in [0.05, 0.1) is 17.7 Å². The number of aliphatic hydroxyl groups is 1. The van der Waals surface area contributed by atoms with E-state index in [-0.39, 0.29) is 24.0 Å². The van der Waals surface area contributed by atoms with Crippen molar-refractivity contribution in [3.05, 3.63) is 99.8 Å². The third-order valence-electron chi connectivity index (χ3n) is 5.61. The fraction of sp³-hybridized carbons (Fsp3) is 0.222. The Balaban J connectivity index is 1.82. The van der Waals surface area contributed by atoms with Gasteiger partial charge in [-0.2, -0.15) is 0 Å². The molecule has 34 heavy (non-hydrogen) atoms. The molecule has 1 aromatic heterocycles. The van der Waals surface area contributed by atoms with Gasteiger partial charge in [-0.15, -0.1) is 0 Å². The lowest BCUT2D eigenvalue weighted by Crippen LogP contribution is -2.29. The van der Waals surface area contributed by atoms with Gasteiger partial charge in [0, 0.05) is 29.5 Å². The Morgan fingerprint density at radius 3 is 2.50 bits per heavy atom. The molecule has 1 amide bonds. The molecule has 1 saturated heterocycles. The minimum Gasteiger partial charge on any atom is -0.507 e. The average Bonchev–Trinajstić information content (AvgIpc) is 3.06. The predicted molar refractivity (Wildman–Crippen MR) is 130 cm³/mol. The lowest BCUT2D eigenvalue weighted by Gasteiger charge is -2.25. The second-order valence-electron chi connectivity index (χ2n) is 8.49. The van der Waals surface area contributed by atoms with Gasteiger partial charge < -0.3 is 14.7 Å². The van der Waals surface area contributed by atoms with Crippen molar-refractivity contribution in [1.82, 2.24) is 9.88 Å². The van der Waals surface area contributed by atoms with E-state index in [2.05, 4.69) is 4.98 Å². The van der Waals surface area contributed by atoms with Gasteiger partial charge in [-0.05, 0) is 73.9 Å². The van der Waals surface area contributed by atoms with Gasteiger partial charge in [-0.1, -0.05) is 29.8 Å². The summed E-state index contributed by atoms with van der Waals surface area (Å²) in [5, 5.41) is 11.8. The van der Waals surface area contributed by atoms with Crippen LogP contribution in [0.3, 0.4) is 0 Å². The van der Waals surface area contributed by atoms with Crippen molar-refractivity contribution in [2.24, 2.45) is 0 Å². The second-order valence-corrected chi connectivity index (χ2v) is 8.92. The molecule has 0 spiro atoms. The van der Waals surface area contributed by atoms with E-state index >= 15 is 0 Å². The molecule has 0 radical (unpaired) electrons. The predicted octanol–water partition coefficient (Wildman–Crippen LogP) is 5.45. The molecule has 6 nitrogen and oxygen atoms in total. The minimum absolute atomic E-state index is 0.000789. The number of aliphatic hydroxyl groups excluding tert-OH is 1. The monoisotopic (exact) mass is 476 g/mol. The first kappa shape index (κ1) is 23.5. The van der Waals surface area contributed by atoms with Crippen LogP contribution in [0, 0.1) is 6.92 Å².